The molecule has 0 saturated heterocycles. The zero-order chi connectivity index (χ0) is 12.0. The molecular formula is C12H11ClN3O-. The molecule has 1 unspecified atom stereocenters. The molecule has 0 bridgehead atoms. The molecule has 1 atom stereocenters. The molecule has 88 valence electrons. The molecule has 0 fully saturated rings. The van der Waals surface area contributed by atoms with Gasteiger partial charge in [0.25, 0.3) is 0 Å². The van der Waals surface area contributed by atoms with Gasteiger partial charge < -0.3 is 10.3 Å². The van der Waals surface area contributed by atoms with Crippen molar-refractivity contribution < 1.29 is 0 Å². The second-order valence-corrected chi connectivity index (χ2v) is 4.34. The van der Waals surface area contributed by atoms with Gasteiger partial charge in [0.15, 0.2) is 0 Å². The second kappa shape index (κ2) is 3.75. The van der Waals surface area contributed by atoms with Crippen LogP contribution in [0, 0.1) is 5.21 Å². The highest BCUT2D eigenvalue weighted by Gasteiger charge is 2.25. The maximum absolute atomic E-state index is 12.2. The van der Waals surface area contributed by atoms with Crippen molar-refractivity contribution in [2.75, 3.05) is 5.06 Å². The minimum atomic E-state index is -0.263. The van der Waals surface area contributed by atoms with Gasteiger partial charge in [-0.05, 0) is 19.1 Å². The molecule has 3 rings (SSSR count). The third kappa shape index (κ3) is 1.38. The van der Waals surface area contributed by atoms with Gasteiger partial charge in [-0.3, -0.25) is 4.57 Å². The first-order valence-corrected chi connectivity index (χ1v) is 5.95. The van der Waals surface area contributed by atoms with E-state index in [0.717, 1.165) is 22.1 Å². The van der Waals surface area contributed by atoms with Gasteiger partial charge in [0.05, 0.1) is 41.0 Å². The summed E-state index contributed by atoms with van der Waals surface area (Å²) in [4.78, 5) is 4.27. The molecule has 1 aromatic carbocycles. The first-order chi connectivity index (χ1) is 8.24. The molecule has 0 amide bonds. The minimum Gasteiger partial charge on any atom is -0.758 e. The maximum Gasteiger partial charge on any atom is 0.0999 e. The van der Waals surface area contributed by atoms with Crippen molar-refractivity contribution in [1.82, 2.24) is 9.55 Å². The Morgan fingerprint density at radius 1 is 1.35 bits per heavy atom. The lowest BCUT2D eigenvalue weighted by molar-refractivity contribution is 0.685. The van der Waals surface area contributed by atoms with Crippen LogP contribution in [0.3, 0.4) is 0 Å². The van der Waals surface area contributed by atoms with Crippen molar-refractivity contribution in [1.29, 1.82) is 0 Å². The number of hydrogen-bond acceptors (Lipinski definition) is 3. The fourth-order valence-electron chi connectivity index (χ4n) is 2.31. The van der Waals surface area contributed by atoms with Gasteiger partial charge in [0.1, 0.15) is 0 Å². The van der Waals surface area contributed by atoms with E-state index in [4.69, 9.17) is 11.6 Å². The molecule has 1 aliphatic rings. The summed E-state index contributed by atoms with van der Waals surface area (Å²) in [6.07, 6.45) is 1.73. The molecule has 4 nitrogen and oxygen atoms in total. The van der Waals surface area contributed by atoms with Crippen LogP contribution in [0.4, 0.5) is 5.69 Å². The quantitative estimate of drug-likeness (QED) is 0.729. The van der Waals surface area contributed by atoms with Gasteiger partial charge in [-0.25, -0.2) is 4.98 Å². The third-order valence-corrected chi connectivity index (χ3v) is 3.39. The molecule has 0 saturated carbocycles. The van der Waals surface area contributed by atoms with Gasteiger partial charge in [0.2, 0.25) is 0 Å². The summed E-state index contributed by atoms with van der Waals surface area (Å²) < 4.78 is 1.95. The predicted octanol–water partition coefficient (Wildman–Crippen LogP) is 2.99. The van der Waals surface area contributed by atoms with E-state index < -0.39 is 0 Å². The van der Waals surface area contributed by atoms with Crippen molar-refractivity contribution >= 4 is 17.3 Å². The van der Waals surface area contributed by atoms with Crippen LogP contribution in [0.5, 0.6) is 0 Å². The Morgan fingerprint density at radius 2 is 2.06 bits per heavy atom. The number of nitrogens with zero attached hydrogens (tertiary/aromatic N) is 3. The Balaban J connectivity index is 2.29. The van der Waals surface area contributed by atoms with Crippen LogP contribution in [-0.2, 0) is 5.88 Å². The molecule has 0 radical (unpaired) electrons. The van der Waals surface area contributed by atoms with Crippen molar-refractivity contribution in [3.63, 3.8) is 0 Å². The van der Waals surface area contributed by atoms with Gasteiger partial charge in [-0.2, -0.15) is 0 Å². The highest BCUT2D eigenvalue weighted by atomic mass is 35.5. The van der Waals surface area contributed by atoms with E-state index >= 15 is 0 Å². The Kier molecular flexibility index (Phi) is 2.34. The zero-order valence-corrected chi connectivity index (χ0v) is 10.1. The summed E-state index contributed by atoms with van der Waals surface area (Å²) in [6, 6.07) is 7.24. The van der Waals surface area contributed by atoms with E-state index in [-0.39, 0.29) is 6.04 Å². The van der Waals surface area contributed by atoms with E-state index in [1.807, 2.05) is 35.8 Å². The van der Waals surface area contributed by atoms with Crippen molar-refractivity contribution in [3.8, 4) is 5.69 Å². The average molecular weight is 249 g/mol. The number of para-hydroxylation sites is 2. The standard InChI is InChI=1S/C12H11ClN3O/c1-8-12-9(6-13)14-7-15(12)10-4-2-3-5-11(10)16(8)17/h2-5,7-8H,6H2,1H3/q-1. The van der Waals surface area contributed by atoms with Crippen LogP contribution in [0.1, 0.15) is 24.4 Å². The van der Waals surface area contributed by atoms with Gasteiger partial charge in [-0.1, -0.05) is 12.1 Å². The highest BCUT2D eigenvalue weighted by molar-refractivity contribution is 6.17. The normalized spacial score (nSPS) is 17.8. The number of rotatable bonds is 1. The molecule has 1 aromatic heterocycles. The topological polar surface area (TPSA) is 44.1 Å². The number of halogens is 1. The van der Waals surface area contributed by atoms with Crippen LogP contribution in [-0.4, -0.2) is 9.55 Å². The lowest BCUT2D eigenvalue weighted by Crippen LogP contribution is -2.28. The Hall–Kier alpha value is -1.52. The molecule has 1 aliphatic heterocycles. The van der Waals surface area contributed by atoms with E-state index in [9.17, 15) is 5.21 Å². The number of anilines is 1. The van der Waals surface area contributed by atoms with Crippen LogP contribution < -0.4 is 5.06 Å². The predicted molar refractivity (Wildman–Crippen MR) is 67.4 cm³/mol. The summed E-state index contributed by atoms with van der Waals surface area (Å²) in [5.41, 5.74) is 3.19. The van der Waals surface area contributed by atoms with Crippen LogP contribution >= 0.6 is 11.6 Å². The van der Waals surface area contributed by atoms with Crippen molar-refractivity contribution in [3.05, 3.63) is 47.2 Å². The highest BCUT2D eigenvalue weighted by Crippen LogP contribution is 2.38. The number of imidazole rings is 1. The summed E-state index contributed by atoms with van der Waals surface area (Å²) in [7, 11) is 0. The molecule has 0 spiro atoms. The number of hydroxylamine groups is 1. The molecule has 5 heteroatoms. The molecular weight excluding hydrogens is 238 g/mol. The average Bonchev–Trinajstić information content (AvgIpc) is 2.80. The fourth-order valence-corrected chi connectivity index (χ4v) is 2.51. The summed E-state index contributed by atoms with van der Waals surface area (Å²) >= 11 is 5.85. The number of fused-ring (bicyclic) bond motifs is 3. The van der Waals surface area contributed by atoms with Gasteiger partial charge >= 0.3 is 0 Å². The smallest absolute Gasteiger partial charge is 0.0999 e. The molecule has 0 aliphatic carbocycles. The second-order valence-electron chi connectivity index (χ2n) is 4.07. The van der Waals surface area contributed by atoms with E-state index in [0.29, 0.717) is 11.6 Å². The summed E-state index contributed by atoms with van der Waals surface area (Å²) in [5, 5.41) is 13.2. The summed E-state index contributed by atoms with van der Waals surface area (Å²) in [6.45, 7) is 1.87. The van der Waals surface area contributed by atoms with E-state index in [2.05, 4.69) is 4.98 Å². The fraction of sp³-hybridized carbons (Fsp3) is 0.250. The maximum atomic E-state index is 12.2. The molecule has 2 aromatic rings. The van der Waals surface area contributed by atoms with E-state index in [1.54, 1.807) is 6.33 Å². The Morgan fingerprint density at radius 3 is 2.76 bits per heavy atom. The summed E-state index contributed by atoms with van der Waals surface area (Å²) in [5.74, 6) is 0.322. The monoisotopic (exact) mass is 248 g/mol. The number of hydrogen-bond donors (Lipinski definition) is 0. The molecule has 0 N–H and O–H groups in total. The molecule has 17 heavy (non-hydrogen) atoms. The van der Waals surface area contributed by atoms with Crippen molar-refractivity contribution in [2.24, 2.45) is 0 Å². The van der Waals surface area contributed by atoms with Crippen molar-refractivity contribution in [2.45, 2.75) is 18.8 Å². The lowest BCUT2D eigenvalue weighted by Gasteiger charge is -2.42. The van der Waals surface area contributed by atoms with Crippen LogP contribution in [0.15, 0.2) is 30.6 Å². The third-order valence-electron chi connectivity index (χ3n) is 3.14. The van der Waals surface area contributed by atoms with E-state index in [1.165, 1.54) is 0 Å². The number of benzene rings is 1. The SMILES string of the molecule is CC1c2c(CCl)ncn2-c2ccccc2N1[O-]. The number of aromatic nitrogens is 2. The van der Waals surface area contributed by atoms with Gasteiger partial charge in [-0.15, -0.1) is 11.6 Å². The Labute approximate surface area is 104 Å². The van der Waals surface area contributed by atoms with Gasteiger partial charge in [0, 0.05) is 0 Å². The molecule has 2 heterocycles. The number of alkyl halides is 1. The zero-order valence-electron chi connectivity index (χ0n) is 9.30. The largest absolute Gasteiger partial charge is 0.758 e. The Bertz CT molecular complexity index is 567. The van der Waals surface area contributed by atoms with Crippen LogP contribution in [0.25, 0.3) is 5.69 Å². The minimum absolute atomic E-state index is 0.263. The van der Waals surface area contributed by atoms with Crippen LogP contribution in [0.2, 0.25) is 0 Å². The first-order valence-electron chi connectivity index (χ1n) is 5.42. The first kappa shape index (κ1) is 10.6. The lowest BCUT2D eigenvalue weighted by atomic mass is 10.1.